The molecule has 4 heteroatoms. The predicted octanol–water partition coefficient (Wildman–Crippen LogP) is 1.59. The minimum atomic E-state index is -0.248. The lowest BCUT2D eigenvalue weighted by Gasteiger charge is -2.51. The summed E-state index contributed by atoms with van der Waals surface area (Å²) in [7, 11) is 3.41. The predicted molar refractivity (Wildman–Crippen MR) is 72.3 cm³/mol. The Morgan fingerprint density at radius 1 is 1.22 bits per heavy atom. The van der Waals surface area contributed by atoms with Crippen molar-refractivity contribution in [1.29, 1.82) is 0 Å². The summed E-state index contributed by atoms with van der Waals surface area (Å²) >= 11 is 0. The number of fused-ring (bicyclic) bond motifs is 1. The molecule has 1 saturated heterocycles. The number of ether oxygens (including phenoxy) is 2. The van der Waals surface area contributed by atoms with E-state index in [2.05, 4.69) is 11.8 Å². The highest BCUT2D eigenvalue weighted by Crippen LogP contribution is 2.41. The van der Waals surface area contributed by atoms with Crippen LogP contribution in [0.4, 0.5) is 0 Å². The fourth-order valence-electron chi connectivity index (χ4n) is 4.04. The standard InChI is InChI=1S/C14H28N2O2/c1-14(10-15,13(17-2)18-3)16-9-5-7-11-6-4-8-12(11)16/h11-13H,4-10,15H2,1-3H3. The van der Waals surface area contributed by atoms with E-state index < -0.39 is 0 Å². The summed E-state index contributed by atoms with van der Waals surface area (Å²) in [6.45, 7) is 3.88. The Labute approximate surface area is 111 Å². The van der Waals surface area contributed by atoms with Crippen LogP contribution in [-0.4, -0.2) is 50.1 Å². The second-order valence-corrected chi connectivity index (χ2v) is 5.96. The minimum absolute atomic E-state index is 0.211. The summed E-state index contributed by atoms with van der Waals surface area (Å²) in [5, 5.41) is 0. The second kappa shape index (κ2) is 5.87. The van der Waals surface area contributed by atoms with Crippen molar-refractivity contribution in [3.63, 3.8) is 0 Å². The van der Waals surface area contributed by atoms with Crippen LogP contribution in [-0.2, 0) is 9.47 Å². The fraction of sp³-hybridized carbons (Fsp3) is 1.00. The van der Waals surface area contributed by atoms with Crippen molar-refractivity contribution in [1.82, 2.24) is 4.90 Å². The molecule has 1 heterocycles. The number of likely N-dealkylation sites (tertiary alicyclic amines) is 1. The average Bonchev–Trinajstić information content (AvgIpc) is 2.87. The molecule has 0 amide bonds. The Kier molecular flexibility index (Phi) is 4.64. The van der Waals surface area contributed by atoms with Crippen LogP contribution in [0.1, 0.15) is 39.0 Å². The van der Waals surface area contributed by atoms with E-state index in [4.69, 9.17) is 15.2 Å². The zero-order valence-electron chi connectivity index (χ0n) is 12.0. The van der Waals surface area contributed by atoms with Crippen LogP contribution in [0, 0.1) is 5.92 Å². The number of hydrogen-bond acceptors (Lipinski definition) is 4. The molecular weight excluding hydrogens is 228 g/mol. The molecule has 0 aromatic carbocycles. The normalized spacial score (nSPS) is 32.5. The van der Waals surface area contributed by atoms with Gasteiger partial charge < -0.3 is 15.2 Å². The molecule has 1 aliphatic heterocycles. The average molecular weight is 256 g/mol. The molecule has 2 fully saturated rings. The minimum Gasteiger partial charge on any atom is -0.354 e. The Hall–Kier alpha value is -0.160. The van der Waals surface area contributed by atoms with Gasteiger partial charge in [0.15, 0.2) is 6.29 Å². The number of piperidine rings is 1. The Balaban J connectivity index is 2.19. The molecule has 106 valence electrons. The van der Waals surface area contributed by atoms with Crippen molar-refractivity contribution in [2.24, 2.45) is 11.7 Å². The molecule has 2 rings (SSSR count). The maximum Gasteiger partial charge on any atom is 0.176 e. The SMILES string of the molecule is COC(OC)C(C)(CN)N1CCCC2CCCC21. The van der Waals surface area contributed by atoms with Crippen LogP contribution in [0.25, 0.3) is 0 Å². The smallest absolute Gasteiger partial charge is 0.176 e. The number of nitrogens with two attached hydrogens (primary N) is 1. The highest BCUT2D eigenvalue weighted by molar-refractivity contribution is 5.00. The molecule has 0 spiro atoms. The van der Waals surface area contributed by atoms with Gasteiger partial charge in [-0.25, -0.2) is 0 Å². The van der Waals surface area contributed by atoms with Gasteiger partial charge in [0.2, 0.25) is 0 Å². The molecule has 2 N–H and O–H groups in total. The first kappa shape index (κ1) is 14.3. The van der Waals surface area contributed by atoms with E-state index >= 15 is 0 Å². The number of methoxy groups -OCH3 is 2. The molecule has 18 heavy (non-hydrogen) atoms. The van der Waals surface area contributed by atoms with Gasteiger partial charge in [-0.15, -0.1) is 0 Å². The number of rotatable bonds is 5. The first-order valence-corrected chi connectivity index (χ1v) is 7.19. The largest absolute Gasteiger partial charge is 0.354 e. The first-order chi connectivity index (χ1) is 8.67. The molecule has 3 atom stereocenters. The van der Waals surface area contributed by atoms with Gasteiger partial charge in [0, 0.05) is 26.8 Å². The van der Waals surface area contributed by atoms with E-state index in [0.717, 1.165) is 12.5 Å². The highest BCUT2D eigenvalue weighted by atomic mass is 16.7. The van der Waals surface area contributed by atoms with Crippen molar-refractivity contribution in [3.8, 4) is 0 Å². The van der Waals surface area contributed by atoms with Gasteiger partial charge in [0.1, 0.15) is 0 Å². The lowest BCUT2D eigenvalue weighted by atomic mass is 9.86. The maximum absolute atomic E-state index is 6.07. The van der Waals surface area contributed by atoms with E-state index in [0.29, 0.717) is 12.6 Å². The zero-order chi connectivity index (χ0) is 13.2. The van der Waals surface area contributed by atoms with Crippen LogP contribution in [0.2, 0.25) is 0 Å². The summed E-state index contributed by atoms with van der Waals surface area (Å²) in [6.07, 6.45) is 6.45. The molecule has 3 unspecified atom stereocenters. The van der Waals surface area contributed by atoms with Crippen LogP contribution >= 0.6 is 0 Å². The zero-order valence-corrected chi connectivity index (χ0v) is 12.0. The number of nitrogens with zero attached hydrogens (tertiary/aromatic N) is 1. The summed E-state index contributed by atoms with van der Waals surface area (Å²) in [6, 6.07) is 0.681. The van der Waals surface area contributed by atoms with E-state index in [1.165, 1.54) is 32.1 Å². The van der Waals surface area contributed by atoms with Crippen LogP contribution in [0.3, 0.4) is 0 Å². The van der Waals surface area contributed by atoms with Crippen molar-refractivity contribution >= 4 is 0 Å². The molecule has 0 aromatic rings. The van der Waals surface area contributed by atoms with Gasteiger partial charge in [-0.2, -0.15) is 0 Å². The molecule has 1 saturated carbocycles. The van der Waals surface area contributed by atoms with E-state index in [9.17, 15) is 0 Å². The summed E-state index contributed by atoms with van der Waals surface area (Å²) in [5.74, 6) is 0.860. The van der Waals surface area contributed by atoms with Crippen LogP contribution in [0.5, 0.6) is 0 Å². The van der Waals surface area contributed by atoms with Crippen molar-refractivity contribution in [2.45, 2.75) is 56.9 Å². The van der Waals surface area contributed by atoms with Gasteiger partial charge in [0.25, 0.3) is 0 Å². The summed E-state index contributed by atoms with van der Waals surface area (Å²) in [4.78, 5) is 2.58. The van der Waals surface area contributed by atoms with Crippen LogP contribution in [0.15, 0.2) is 0 Å². The Morgan fingerprint density at radius 2 is 1.89 bits per heavy atom. The van der Waals surface area contributed by atoms with Crippen LogP contribution < -0.4 is 5.73 Å². The lowest BCUT2D eigenvalue weighted by Crippen LogP contribution is -2.65. The quantitative estimate of drug-likeness (QED) is 0.759. The monoisotopic (exact) mass is 256 g/mol. The third kappa shape index (κ3) is 2.31. The molecule has 1 aliphatic carbocycles. The van der Waals surface area contributed by atoms with Gasteiger partial charge in [-0.05, 0) is 45.1 Å². The third-order valence-electron chi connectivity index (χ3n) is 5.00. The van der Waals surface area contributed by atoms with Gasteiger partial charge in [0.05, 0.1) is 5.54 Å². The molecular formula is C14H28N2O2. The maximum atomic E-state index is 6.07. The molecule has 0 radical (unpaired) electrons. The number of hydrogen-bond donors (Lipinski definition) is 1. The van der Waals surface area contributed by atoms with E-state index in [1.54, 1.807) is 14.2 Å². The Bertz CT molecular complexity index is 271. The van der Waals surface area contributed by atoms with Crippen molar-refractivity contribution in [2.75, 3.05) is 27.3 Å². The topological polar surface area (TPSA) is 47.7 Å². The van der Waals surface area contributed by atoms with Gasteiger partial charge in [-0.1, -0.05) is 6.42 Å². The second-order valence-electron chi connectivity index (χ2n) is 5.96. The van der Waals surface area contributed by atoms with Gasteiger partial charge in [-0.3, -0.25) is 4.90 Å². The van der Waals surface area contributed by atoms with E-state index in [-0.39, 0.29) is 11.8 Å². The Morgan fingerprint density at radius 3 is 2.50 bits per heavy atom. The summed E-state index contributed by atoms with van der Waals surface area (Å²) in [5.41, 5.74) is 5.86. The van der Waals surface area contributed by atoms with Gasteiger partial charge >= 0.3 is 0 Å². The highest BCUT2D eigenvalue weighted by Gasteiger charge is 2.47. The first-order valence-electron chi connectivity index (χ1n) is 7.19. The summed E-state index contributed by atoms with van der Waals surface area (Å²) < 4.78 is 11.0. The molecule has 4 nitrogen and oxygen atoms in total. The molecule has 2 aliphatic rings. The molecule has 0 aromatic heterocycles. The van der Waals surface area contributed by atoms with Crippen molar-refractivity contribution in [3.05, 3.63) is 0 Å². The van der Waals surface area contributed by atoms with Crippen molar-refractivity contribution < 1.29 is 9.47 Å². The van der Waals surface area contributed by atoms with E-state index in [1.807, 2.05) is 0 Å². The third-order valence-corrected chi connectivity index (χ3v) is 5.00. The fourth-order valence-corrected chi connectivity index (χ4v) is 4.04. The molecule has 0 bridgehead atoms. The lowest BCUT2D eigenvalue weighted by molar-refractivity contribution is -0.194.